The lowest BCUT2D eigenvalue weighted by atomic mass is 9.85. The maximum atomic E-state index is 13.1. The van der Waals surface area contributed by atoms with Crippen LogP contribution < -0.4 is 10.5 Å². The second-order valence-corrected chi connectivity index (χ2v) is 5.88. The van der Waals surface area contributed by atoms with Crippen molar-refractivity contribution in [3.63, 3.8) is 0 Å². The quantitative estimate of drug-likeness (QED) is 0.932. The van der Waals surface area contributed by atoms with Crippen LogP contribution in [0.25, 0.3) is 0 Å². The summed E-state index contributed by atoms with van der Waals surface area (Å²) in [6, 6.07) is 4.23. The van der Waals surface area contributed by atoms with Crippen LogP contribution in [0.3, 0.4) is 0 Å². The normalized spacial score (nSPS) is 21.8. The number of ether oxygens (including phenoxy) is 1. The lowest BCUT2D eigenvalue weighted by Crippen LogP contribution is -2.31. The van der Waals surface area contributed by atoms with Gasteiger partial charge in [-0.05, 0) is 25.0 Å². The highest BCUT2D eigenvalue weighted by Gasteiger charge is 2.28. The Balaban J connectivity index is 1.63. The summed E-state index contributed by atoms with van der Waals surface area (Å²) in [5.74, 6) is 1.10. The van der Waals surface area contributed by atoms with E-state index in [4.69, 9.17) is 26.6 Å². The summed E-state index contributed by atoms with van der Waals surface area (Å²) in [6.07, 6.45) is 4.22. The van der Waals surface area contributed by atoms with E-state index in [1.807, 2.05) is 0 Å². The van der Waals surface area contributed by atoms with Gasteiger partial charge in [0, 0.05) is 12.1 Å². The SMILES string of the molecule is N[C@@H]1CCCC[C@@H]1c1nc(COc2ccc(F)c(Cl)c2)no1. The fourth-order valence-corrected chi connectivity index (χ4v) is 2.83. The summed E-state index contributed by atoms with van der Waals surface area (Å²) in [6.45, 7) is 0.132. The Kier molecular flexibility index (Phi) is 4.59. The molecule has 0 aliphatic heterocycles. The van der Waals surface area contributed by atoms with Gasteiger partial charge >= 0.3 is 0 Å². The van der Waals surface area contributed by atoms with E-state index < -0.39 is 5.82 Å². The zero-order valence-electron chi connectivity index (χ0n) is 12.0. The van der Waals surface area contributed by atoms with E-state index in [2.05, 4.69) is 10.1 Å². The maximum Gasteiger partial charge on any atom is 0.231 e. The smallest absolute Gasteiger partial charge is 0.231 e. The molecular formula is C15H17ClFN3O2. The van der Waals surface area contributed by atoms with Crippen molar-refractivity contribution >= 4 is 11.6 Å². The van der Waals surface area contributed by atoms with Crippen molar-refractivity contribution in [1.29, 1.82) is 0 Å². The number of hydrogen-bond donors (Lipinski definition) is 1. The number of aromatic nitrogens is 2. The van der Waals surface area contributed by atoms with Crippen molar-refractivity contribution in [1.82, 2.24) is 10.1 Å². The van der Waals surface area contributed by atoms with E-state index in [1.165, 1.54) is 18.2 Å². The van der Waals surface area contributed by atoms with Crippen LogP contribution in [0.4, 0.5) is 4.39 Å². The van der Waals surface area contributed by atoms with Crippen LogP contribution in [0.5, 0.6) is 5.75 Å². The van der Waals surface area contributed by atoms with E-state index in [9.17, 15) is 4.39 Å². The molecule has 2 N–H and O–H groups in total. The van der Waals surface area contributed by atoms with Crippen LogP contribution in [-0.4, -0.2) is 16.2 Å². The molecule has 0 amide bonds. The summed E-state index contributed by atoms with van der Waals surface area (Å²) in [5.41, 5.74) is 6.11. The third-order valence-corrected chi connectivity index (χ3v) is 4.17. The average Bonchev–Trinajstić information content (AvgIpc) is 2.98. The van der Waals surface area contributed by atoms with E-state index in [0.717, 1.165) is 25.7 Å². The maximum absolute atomic E-state index is 13.1. The fourth-order valence-electron chi connectivity index (χ4n) is 2.66. The van der Waals surface area contributed by atoms with E-state index in [1.54, 1.807) is 0 Å². The number of rotatable bonds is 4. The van der Waals surface area contributed by atoms with Gasteiger partial charge in [-0.1, -0.05) is 29.6 Å². The van der Waals surface area contributed by atoms with Gasteiger partial charge in [-0.3, -0.25) is 0 Å². The number of nitrogens with two attached hydrogens (primary N) is 1. The molecule has 7 heteroatoms. The topological polar surface area (TPSA) is 74.2 Å². The molecule has 1 aromatic carbocycles. The molecule has 2 atom stereocenters. The highest BCUT2D eigenvalue weighted by atomic mass is 35.5. The number of nitrogens with zero attached hydrogens (tertiary/aromatic N) is 2. The number of hydrogen-bond acceptors (Lipinski definition) is 5. The number of benzene rings is 1. The van der Waals surface area contributed by atoms with Gasteiger partial charge in [0.05, 0.1) is 10.9 Å². The first kappa shape index (κ1) is 15.2. The first-order chi connectivity index (χ1) is 10.6. The Hall–Kier alpha value is -1.66. The molecule has 1 aromatic heterocycles. The van der Waals surface area contributed by atoms with Gasteiger partial charge in [-0.15, -0.1) is 0 Å². The van der Waals surface area contributed by atoms with Crippen LogP contribution in [0.2, 0.25) is 5.02 Å². The first-order valence-electron chi connectivity index (χ1n) is 7.29. The van der Waals surface area contributed by atoms with Crippen LogP contribution in [0.15, 0.2) is 22.7 Å². The van der Waals surface area contributed by atoms with Crippen molar-refractivity contribution < 1.29 is 13.7 Å². The van der Waals surface area contributed by atoms with Crippen LogP contribution in [-0.2, 0) is 6.61 Å². The molecule has 2 aromatic rings. The molecule has 1 heterocycles. The first-order valence-corrected chi connectivity index (χ1v) is 7.67. The van der Waals surface area contributed by atoms with Gasteiger partial charge in [0.25, 0.3) is 0 Å². The molecule has 1 saturated carbocycles. The lowest BCUT2D eigenvalue weighted by molar-refractivity contribution is 0.273. The van der Waals surface area contributed by atoms with Crippen LogP contribution in [0, 0.1) is 5.82 Å². The Bertz CT molecular complexity index is 649. The van der Waals surface area contributed by atoms with Crippen LogP contribution >= 0.6 is 11.6 Å². The van der Waals surface area contributed by atoms with E-state index in [0.29, 0.717) is 17.5 Å². The molecule has 0 spiro atoms. The Labute approximate surface area is 132 Å². The molecule has 22 heavy (non-hydrogen) atoms. The zero-order valence-corrected chi connectivity index (χ0v) is 12.7. The highest BCUT2D eigenvalue weighted by Crippen LogP contribution is 2.31. The lowest BCUT2D eigenvalue weighted by Gasteiger charge is -2.25. The van der Waals surface area contributed by atoms with Crippen LogP contribution in [0.1, 0.15) is 43.3 Å². The molecule has 5 nitrogen and oxygen atoms in total. The Morgan fingerprint density at radius 3 is 2.95 bits per heavy atom. The second-order valence-electron chi connectivity index (χ2n) is 5.47. The van der Waals surface area contributed by atoms with Gasteiger partial charge in [-0.2, -0.15) is 4.98 Å². The molecule has 1 aliphatic carbocycles. The van der Waals surface area contributed by atoms with Gasteiger partial charge < -0.3 is 15.0 Å². The van der Waals surface area contributed by atoms with Crippen molar-refractivity contribution in [2.75, 3.05) is 0 Å². The minimum absolute atomic E-state index is 0.0134. The van der Waals surface area contributed by atoms with Crippen molar-refractivity contribution in [3.8, 4) is 5.75 Å². The highest BCUT2D eigenvalue weighted by molar-refractivity contribution is 6.30. The molecule has 0 radical (unpaired) electrons. The Morgan fingerprint density at radius 2 is 2.18 bits per heavy atom. The van der Waals surface area contributed by atoms with Gasteiger partial charge in [0.15, 0.2) is 6.61 Å². The van der Waals surface area contributed by atoms with Gasteiger partial charge in [0.2, 0.25) is 11.7 Å². The predicted molar refractivity (Wildman–Crippen MR) is 79.2 cm³/mol. The van der Waals surface area contributed by atoms with E-state index in [-0.39, 0.29) is 23.6 Å². The molecule has 118 valence electrons. The fraction of sp³-hybridized carbons (Fsp3) is 0.467. The number of halogens is 2. The Morgan fingerprint density at radius 1 is 1.36 bits per heavy atom. The summed E-state index contributed by atoms with van der Waals surface area (Å²) in [4.78, 5) is 4.35. The van der Waals surface area contributed by atoms with E-state index >= 15 is 0 Å². The third-order valence-electron chi connectivity index (χ3n) is 3.88. The summed E-state index contributed by atoms with van der Waals surface area (Å²) >= 11 is 5.70. The molecule has 3 rings (SSSR count). The van der Waals surface area contributed by atoms with Crippen molar-refractivity contribution in [3.05, 3.63) is 40.8 Å². The largest absolute Gasteiger partial charge is 0.485 e. The molecule has 0 saturated heterocycles. The second kappa shape index (κ2) is 6.62. The van der Waals surface area contributed by atoms with Gasteiger partial charge in [0.1, 0.15) is 11.6 Å². The molecule has 0 unspecified atom stereocenters. The zero-order chi connectivity index (χ0) is 15.5. The molecule has 1 aliphatic rings. The van der Waals surface area contributed by atoms with Crippen molar-refractivity contribution in [2.45, 2.75) is 44.2 Å². The summed E-state index contributed by atoms with van der Waals surface area (Å²) < 4.78 is 23.9. The predicted octanol–water partition coefficient (Wildman–Crippen LogP) is 3.43. The molecular weight excluding hydrogens is 309 g/mol. The summed E-state index contributed by atoms with van der Waals surface area (Å²) in [7, 11) is 0. The monoisotopic (exact) mass is 325 g/mol. The minimum Gasteiger partial charge on any atom is -0.485 e. The summed E-state index contributed by atoms with van der Waals surface area (Å²) in [5, 5.41) is 3.92. The minimum atomic E-state index is -0.484. The third kappa shape index (κ3) is 3.39. The standard InChI is InChI=1S/C15H17ClFN3O2/c16-11-7-9(5-6-12(11)17)21-8-14-19-15(22-20-14)10-3-1-2-4-13(10)18/h5-7,10,13H,1-4,8,18H2/t10-,13+/m0/s1. The van der Waals surface area contributed by atoms with Crippen molar-refractivity contribution in [2.24, 2.45) is 5.73 Å². The molecule has 1 fully saturated rings. The average molecular weight is 326 g/mol. The molecule has 0 bridgehead atoms. The van der Waals surface area contributed by atoms with Gasteiger partial charge in [-0.25, -0.2) is 4.39 Å².